The van der Waals surface area contributed by atoms with Gasteiger partial charge in [0.1, 0.15) is 0 Å². The zero-order valence-electron chi connectivity index (χ0n) is 19.1. The molecule has 2 N–H and O–H groups in total. The van der Waals surface area contributed by atoms with Crippen molar-refractivity contribution in [3.05, 3.63) is 40.0 Å². The summed E-state index contributed by atoms with van der Waals surface area (Å²) >= 11 is 12.4. The van der Waals surface area contributed by atoms with Gasteiger partial charge in [0.2, 0.25) is 11.9 Å². The largest absolute Gasteiger partial charge is 0.491 e. The molecule has 1 aromatic heterocycles. The van der Waals surface area contributed by atoms with Crippen molar-refractivity contribution in [1.29, 1.82) is 0 Å². The van der Waals surface area contributed by atoms with Crippen molar-refractivity contribution in [3.63, 3.8) is 0 Å². The highest BCUT2D eigenvalue weighted by Gasteiger charge is 2.32. The van der Waals surface area contributed by atoms with Crippen LogP contribution in [0.2, 0.25) is 10.0 Å². The lowest BCUT2D eigenvalue weighted by atomic mass is 10.1. The van der Waals surface area contributed by atoms with E-state index in [9.17, 15) is 4.79 Å². The third kappa shape index (κ3) is 5.45. The van der Waals surface area contributed by atoms with Crippen molar-refractivity contribution >= 4 is 40.9 Å². The summed E-state index contributed by atoms with van der Waals surface area (Å²) in [5.74, 6) is 1.94. The van der Waals surface area contributed by atoms with Crippen LogP contribution in [0.15, 0.2) is 24.4 Å². The number of methoxy groups -OCH3 is 1. The fourth-order valence-corrected chi connectivity index (χ4v) is 4.94. The average Bonchev–Trinajstić information content (AvgIpc) is 3.25. The normalized spacial score (nSPS) is 21.7. The maximum absolute atomic E-state index is 12.8. The van der Waals surface area contributed by atoms with Crippen LogP contribution in [0, 0.1) is 0 Å². The molecule has 4 rings (SSSR count). The first-order valence-corrected chi connectivity index (χ1v) is 12.0. The molecule has 2 aromatic rings. The van der Waals surface area contributed by atoms with Crippen LogP contribution in [0.4, 0.5) is 11.8 Å². The van der Waals surface area contributed by atoms with Crippen LogP contribution in [-0.4, -0.2) is 66.1 Å². The lowest BCUT2D eigenvalue weighted by Crippen LogP contribution is -2.53. The van der Waals surface area contributed by atoms with Gasteiger partial charge in [0.15, 0.2) is 11.6 Å². The van der Waals surface area contributed by atoms with E-state index in [2.05, 4.69) is 27.4 Å². The second-order valence-corrected chi connectivity index (χ2v) is 9.47. The quantitative estimate of drug-likeness (QED) is 0.634. The SMILES string of the molecule is COc1cnc(N2CCN(C(=O)[C@H]3CC[C@@H](C)N3)CC2)nc1N[C@H](C)c1ccc(Cl)cc1Cl. The highest BCUT2D eigenvalue weighted by molar-refractivity contribution is 6.35. The van der Waals surface area contributed by atoms with Gasteiger partial charge in [-0.15, -0.1) is 0 Å². The molecule has 0 spiro atoms. The Hall–Kier alpha value is -2.29. The first kappa shape index (κ1) is 23.9. The summed E-state index contributed by atoms with van der Waals surface area (Å²) in [5, 5.41) is 7.94. The molecule has 0 radical (unpaired) electrons. The summed E-state index contributed by atoms with van der Waals surface area (Å²) in [6.45, 7) is 6.79. The molecule has 2 fully saturated rings. The molecule has 2 aliphatic heterocycles. The molecule has 2 aliphatic rings. The summed E-state index contributed by atoms with van der Waals surface area (Å²) in [4.78, 5) is 26.1. The fraction of sp³-hybridized carbons (Fsp3) is 0.522. The highest BCUT2D eigenvalue weighted by Crippen LogP contribution is 2.31. The van der Waals surface area contributed by atoms with Gasteiger partial charge in [-0.05, 0) is 44.4 Å². The number of aromatic nitrogens is 2. The second-order valence-electron chi connectivity index (χ2n) is 8.63. The van der Waals surface area contributed by atoms with E-state index in [1.54, 1.807) is 19.4 Å². The number of nitrogens with zero attached hydrogens (tertiary/aromatic N) is 4. The average molecular weight is 493 g/mol. The lowest BCUT2D eigenvalue weighted by molar-refractivity contribution is -0.133. The van der Waals surface area contributed by atoms with E-state index < -0.39 is 0 Å². The third-order valence-electron chi connectivity index (χ3n) is 6.29. The van der Waals surface area contributed by atoms with Gasteiger partial charge in [0.05, 0.1) is 25.4 Å². The molecule has 1 aromatic carbocycles. The van der Waals surface area contributed by atoms with E-state index >= 15 is 0 Å². The Kier molecular flexibility index (Phi) is 7.46. The third-order valence-corrected chi connectivity index (χ3v) is 6.85. The fourth-order valence-electron chi connectivity index (χ4n) is 4.37. The van der Waals surface area contributed by atoms with Crippen LogP contribution < -0.4 is 20.3 Å². The van der Waals surface area contributed by atoms with Crippen molar-refractivity contribution < 1.29 is 9.53 Å². The van der Waals surface area contributed by atoms with E-state index in [0.29, 0.717) is 59.8 Å². The Labute approximate surface area is 204 Å². The number of halogens is 2. The molecule has 8 nitrogen and oxygen atoms in total. The van der Waals surface area contributed by atoms with Gasteiger partial charge in [-0.2, -0.15) is 4.98 Å². The standard InChI is InChI=1S/C23H30Cl2N6O2/c1-14-4-7-19(27-14)22(32)30-8-10-31(11-9-30)23-26-13-20(33-3)21(29-23)28-15(2)17-6-5-16(24)12-18(17)25/h5-6,12-15,19,27H,4,7-11H2,1-3H3,(H,26,28,29)/t14-,15-,19-/m1/s1. The molecule has 33 heavy (non-hydrogen) atoms. The molecular weight excluding hydrogens is 463 g/mol. The minimum absolute atomic E-state index is 0.0548. The van der Waals surface area contributed by atoms with Gasteiger partial charge in [-0.25, -0.2) is 4.98 Å². The zero-order chi connectivity index (χ0) is 23.5. The Balaban J connectivity index is 1.43. The molecular formula is C23H30Cl2N6O2. The number of benzene rings is 1. The first-order valence-electron chi connectivity index (χ1n) is 11.3. The Bertz CT molecular complexity index is 999. The van der Waals surface area contributed by atoms with Crippen molar-refractivity contribution in [2.24, 2.45) is 0 Å². The van der Waals surface area contributed by atoms with Crippen molar-refractivity contribution in [1.82, 2.24) is 20.2 Å². The number of rotatable bonds is 6. The van der Waals surface area contributed by atoms with Crippen molar-refractivity contribution in [3.8, 4) is 5.75 Å². The number of anilines is 2. The number of ether oxygens (including phenoxy) is 1. The smallest absolute Gasteiger partial charge is 0.239 e. The zero-order valence-corrected chi connectivity index (χ0v) is 20.7. The monoisotopic (exact) mass is 492 g/mol. The van der Waals surface area contributed by atoms with E-state index in [-0.39, 0.29) is 18.0 Å². The number of piperazine rings is 1. The summed E-state index contributed by atoms with van der Waals surface area (Å²) in [6, 6.07) is 5.66. The Morgan fingerprint density at radius 3 is 2.64 bits per heavy atom. The van der Waals surface area contributed by atoms with E-state index in [1.807, 2.05) is 24.0 Å². The van der Waals surface area contributed by atoms with Crippen LogP contribution in [0.3, 0.4) is 0 Å². The molecule has 3 heterocycles. The minimum atomic E-state index is -0.123. The van der Waals surface area contributed by atoms with Gasteiger partial charge in [-0.1, -0.05) is 29.3 Å². The number of carbonyl (C=O) groups excluding carboxylic acids is 1. The Morgan fingerprint density at radius 1 is 1.24 bits per heavy atom. The number of amides is 1. The van der Waals surface area contributed by atoms with Gasteiger partial charge >= 0.3 is 0 Å². The molecule has 178 valence electrons. The van der Waals surface area contributed by atoms with Crippen LogP contribution >= 0.6 is 23.2 Å². The number of nitrogens with one attached hydrogen (secondary N) is 2. The van der Waals surface area contributed by atoms with Crippen LogP contribution in [0.25, 0.3) is 0 Å². The van der Waals surface area contributed by atoms with Gasteiger partial charge in [0.25, 0.3) is 0 Å². The number of carbonyl (C=O) groups is 1. The number of hydrogen-bond donors (Lipinski definition) is 2. The molecule has 2 saturated heterocycles. The summed E-state index contributed by atoms with van der Waals surface area (Å²) in [5.41, 5.74) is 0.908. The predicted molar refractivity (Wildman–Crippen MR) is 131 cm³/mol. The van der Waals surface area contributed by atoms with Crippen LogP contribution in [-0.2, 0) is 4.79 Å². The molecule has 0 saturated carbocycles. The van der Waals surface area contributed by atoms with Gasteiger partial charge in [0, 0.05) is 42.3 Å². The topological polar surface area (TPSA) is 82.6 Å². The summed E-state index contributed by atoms with van der Waals surface area (Å²) < 4.78 is 5.47. The summed E-state index contributed by atoms with van der Waals surface area (Å²) in [6.07, 6.45) is 3.63. The molecule has 10 heteroatoms. The molecule has 0 bridgehead atoms. The van der Waals surface area contributed by atoms with Crippen LogP contribution in [0.1, 0.15) is 38.3 Å². The highest BCUT2D eigenvalue weighted by atomic mass is 35.5. The summed E-state index contributed by atoms with van der Waals surface area (Å²) in [7, 11) is 1.59. The molecule has 0 unspecified atom stereocenters. The maximum Gasteiger partial charge on any atom is 0.239 e. The van der Waals surface area contributed by atoms with E-state index in [1.165, 1.54) is 0 Å². The Morgan fingerprint density at radius 2 is 2.00 bits per heavy atom. The van der Waals surface area contributed by atoms with E-state index in [0.717, 1.165) is 18.4 Å². The minimum Gasteiger partial charge on any atom is -0.491 e. The maximum atomic E-state index is 12.8. The van der Waals surface area contributed by atoms with E-state index in [4.69, 9.17) is 32.9 Å². The molecule has 0 aliphatic carbocycles. The number of hydrogen-bond acceptors (Lipinski definition) is 7. The lowest BCUT2D eigenvalue weighted by Gasteiger charge is -2.36. The van der Waals surface area contributed by atoms with Crippen LogP contribution in [0.5, 0.6) is 5.75 Å². The predicted octanol–water partition coefficient (Wildman–Crippen LogP) is 3.75. The first-order chi connectivity index (χ1) is 15.9. The van der Waals surface area contributed by atoms with Crippen molar-refractivity contribution in [2.45, 2.75) is 44.8 Å². The molecule has 1 amide bonds. The second kappa shape index (κ2) is 10.3. The van der Waals surface area contributed by atoms with Gasteiger partial charge in [-0.3, -0.25) is 4.79 Å². The van der Waals surface area contributed by atoms with Gasteiger partial charge < -0.3 is 25.2 Å². The van der Waals surface area contributed by atoms with Crippen molar-refractivity contribution in [2.75, 3.05) is 43.5 Å². The molecule has 3 atom stereocenters.